The number of hydrogen-bond donors (Lipinski definition) is 1. The Hall–Kier alpha value is -2.24. The summed E-state index contributed by atoms with van der Waals surface area (Å²) >= 11 is 0. The summed E-state index contributed by atoms with van der Waals surface area (Å²) in [5.74, 6) is -0.216. The van der Waals surface area contributed by atoms with Crippen LogP contribution in [0.2, 0.25) is 0 Å². The van der Waals surface area contributed by atoms with E-state index in [1.54, 1.807) is 24.0 Å². The molecule has 21 heavy (non-hydrogen) atoms. The van der Waals surface area contributed by atoms with Gasteiger partial charge < -0.3 is 20.1 Å². The molecule has 1 aromatic rings. The van der Waals surface area contributed by atoms with Crippen LogP contribution in [0.1, 0.15) is 30.1 Å². The largest absolute Gasteiger partial charge is 0.479 e. The quantitative estimate of drug-likeness (QED) is 0.671. The third-order valence-electron chi connectivity index (χ3n) is 3.50. The molecule has 1 aromatic carbocycles. The van der Waals surface area contributed by atoms with Crippen molar-refractivity contribution >= 4 is 17.6 Å². The van der Waals surface area contributed by atoms with E-state index in [-0.39, 0.29) is 5.91 Å². The van der Waals surface area contributed by atoms with Gasteiger partial charge in [-0.2, -0.15) is 0 Å². The van der Waals surface area contributed by atoms with Gasteiger partial charge in [0.2, 0.25) is 0 Å². The van der Waals surface area contributed by atoms with Gasteiger partial charge in [0.25, 0.3) is 5.91 Å². The molecule has 2 rings (SSSR count). The maximum absolute atomic E-state index is 12.2. The summed E-state index contributed by atoms with van der Waals surface area (Å²) in [4.78, 5) is 25.5. The van der Waals surface area contributed by atoms with Crippen LogP contribution in [0.4, 0.5) is 5.69 Å². The van der Waals surface area contributed by atoms with Crippen LogP contribution in [0.5, 0.6) is 5.75 Å². The number of carbonyl (C=O) groups is 2. The molecule has 0 aliphatic carbocycles. The fourth-order valence-electron chi connectivity index (χ4n) is 2.32. The van der Waals surface area contributed by atoms with E-state index in [9.17, 15) is 9.59 Å². The van der Waals surface area contributed by atoms with Crippen molar-refractivity contribution in [3.05, 3.63) is 23.8 Å². The van der Waals surface area contributed by atoms with Crippen molar-refractivity contribution in [2.45, 2.75) is 25.9 Å². The van der Waals surface area contributed by atoms with E-state index in [2.05, 4.69) is 4.74 Å². The number of benzene rings is 1. The van der Waals surface area contributed by atoms with Gasteiger partial charge in [0.15, 0.2) is 6.10 Å². The maximum Gasteiger partial charge on any atom is 0.337 e. The normalized spacial score (nSPS) is 15.6. The lowest BCUT2D eigenvalue weighted by molar-refractivity contribution is -0.136. The molecule has 0 spiro atoms. The molecule has 0 radical (unpaired) electrons. The van der Waals surface area contributed by atoms with Crippen LogP contribution in [-0.2, 0) is 9.53 Å². The molecule has 114 valence electrons. The number of ether oxygens (including phenoxy) is 2. The number of carbonyl (C=O) groups excluding carboxylic acids is 2. The second-order valence-electron chi connectivity index (χ2n) is 5.04. The molecule has 0 saturated carbocycles. The molecule has 1 amide bonds. The highest BCUT2D eigenvalue weighted by molar-refractivity contribution is 5.90. The summed E-state index contributed by atoms with van der Waals surface area (Å²) in [6, 6.07) is 4.62. The van der Waals surface area contributed by atoms with Crippen molar-refractivity contribution in [2.24, 2.45) is 0 Å². The van der Waals surface area contributed by atoms with Crippen molar-refractivity contribution in [1.29, 1.82) is 0 Å². The van der Waals surface area contributed by atoms with E-state index in [1.165, 1.54) is 13.2 Å². The topological polar surface area (TPSA) is 81.9 Å². The van der Waals surface area contributed by atoms with Crippen LogP contribution in [-0.4, -0.2) is 43.1 Å². The van der Waals surface area contributed by atoms with Crippen LogP contribution in [0, 0.1) is 0 Å². The SMILES string of the molecule is COC(=O)c1ccc(N)c(OC(C)C(=O)N2CCCC2)c1. The highest BCUT2D eigenvalue weighted by Crippen LogP contribution is 2.25. The summed E-state index contributed by atoms with van der Waals surface area (Å²) in [5, 5.41) is 0. The number of nitrogens with two attached hydrogens (primary N) is 1. The van der Waals surface area contributed by atoms with E-state index in [0.717, 1.165) is 25.9 Å². The lowest BCUT2D eigenvalue weighted by Crippen LogP contribution is -2.38. The zero-order valence-electron chi connectivity index (χ0n) is 12.3. The summed E-state index contributed by atoms with van der Waals surface area (Å²) < 4.78 is 10.3. The molecular weight excluding hydrogens is 272 g/mol. The number of rotatable bonds is 4. The summed E-state index contributed by atoms with van der Waals surface area (Å²) in [5.41, 5.74) is 6.55. The summed E-state index contributed by atoms with van der Waals surface area (Å²) in [6.45, 7) is 3.22. The van der Waals surface area contributed by atoms with Crippen LogP contribution in [0.3, 0.4) is 0 Å². The summed E-state index contributed by atoms with van der Waals surface area (Å²) in [7, 11) is 1.30. The van der Waals surface area contributed by atoms with Gasteiger partial charge in [-0.05, 0) is 38.0 Å². The second kappa shape index (κ2) is 6.47. The Morgan fingerprint density at radius 3 is 2.57 bits per heavy atom. The Morgan fingerprint density at radius 1 is 1.29 bits per heavy atom. The van der Waals surface area contributed by atoms with Gasteiger partial charge in [0, 0.05) is 13.1 Å². The lowest BCUT2D eigenvalue weighted by Gasteiger charge is -2.22. The first-order chi connectivity index (χ1) is 10.0. The van der Waals surface area contributed by atoms with Gasteiger partial charge in [-0.25, -0.2) is 4.79 Å². The Morgan fingerprint density at radius 2 is 1.95 bits per heavy atom. The minimum atomic E-state index is -0.640. The van der Waals surface area contributed by atoms with Gasteiger partial charge in [-0.3, -0.25) is 4.79 Å². The van der Waals surface area contributed by atoms with Gasteiger partial charge in [0.05, 0.1) is 18.4 Å². The number of nitrogens with zero attached hydrogens (tertiary/aromatic N) is 1. The molecule has 1 unspecified atom stereocenters. The molecule has 1 aliphatic heterocycles. The third kappa shape index (κ3) is 3.45. The lowest BCUT2D eigenvalue weighted by atomic mass is 10.2. The Bertz CT molecular complexity index is 538. The molecule has 6 heteroatoms. The van der Waals surface area contributed by atoms with Gasteiger partial charge in [-0.15, -0.1) is 0 Å². The summed E-state index contributed by atoms with van der Waals surface area (Å²) in [6.07, 6.45) is 1.41. The standard InChI is InChI=1S/C15H20N2O4/c1-10(14(18)17-7-3-4-8-17)21-13-9-11(15(19)20-2)5-6-12(13)16/h5-6,9-10H,3-4,7-8,16H2,1-2H3. The number of likely N-dealkylation sites (tertiary alicyclic amines) is 1. The molecule has 1 aliphatic rings. The number of hydrogen-bond acceptors (Lipinski definition) is 5. The first-order valence-corrected chi connectivity index (χ1v) is 6.96. The van der Waals surface area contributed by atoms with Gasteiger partial charge in [-0.1, -0.05) is 0 Å². The van der Waals surface area contributed by atoms with Crippen molar-refractivity contribution in [2.75, 3.05) is 25.9 Å². The fourth-order valence-corrected chi connectivity index (χ4v) is 2.32. The Balaban J connectivity index is 2.10. The molecule has 1 atom stereocenters. The number of amides is 1. The van der Waals surface area contributed by atoms with E-state index < -0.39 is 12.1 Å². The molecule has 0 bridgehead atoms. The van der Waals surface area contributed by atoms with E-state index in [1.807, 2.05) is 0 Å². The van der Waals surface area contributed by atoms with Gasteiger partial charge >= 0.3 is 5.97 Å². The number of methoxy groups -OCH3 is 1. The third-order valence-corrected chi connectivity index (χ3v) is 3.50. The highest BCUT2D eigenvalue weighted by Gasteiger charge is 2.25. The first kappa shape index (κ1) is 15.2. The Kier molecular flexibility index (Phi) is 4.67. The van der Waals surface area contributed by atoms with Crippen LogP contribution >= 0.6 is 0 Å². The van der Waals surface area contributed by atoms with E-state index >= 15 is 0 Å². The monoisotopic (exact) mass is 292 g/mol. The first-order valence-electron chi connectivity index (χ1n) is 6.96. The molecular formula is C15H20N2O4. The molecule has 1 heterocycles. The minimum Gasteiger partial charge on any atom is -0.479 e. The number of anilines is 1. The van der Waals surface area contributed by atoms with Crippen molar-refractivity contribution in [3.63, 3.8) is 0 Å². The molecule has 6 nitrogen and oxygen atoms in total. The minimum absolute atomic E-state index is 0.0598. The van der Waals surface area contributed by atoms with Gasteiger partial charge in [0.1, 0.15) is 5.75 Å². The highest BCUT2D eigenvalue weighted by atomic mass is 16.5. The van der Waals surface area contributed by atoms with Crippen molar-refractivity contribution < 1.29 is 19.1 Å². The zero-order valence-corrected chi connectivity index (χ0v) is 12.3. The average molecular weight is 292 g/mol. The predicted molar refractivity (Wildman–Crippen MR) is 78.1 cm³/mol. The van der Waals surface area contributed by atoms with Crippen molar-refractivity contribution in [3.8, 4) is 5.75 Å². The van der Waals surface area contributed by atoms with E-state index in [0.29, 0.717) is 17.0 Å². The zero-order chi connectivity index (χ0) is 15.4. The van der Waals surface area contributed by atoms with Crippen LogP contribution in [0.25, 0.3) is 0 Å². The smallest absolute Gasteiger partial charge is 0.337 e. The molecule has 1 fully saturated rings. The predicted octanol–water partition coefficient (Wildman–Crippen LogP) is 1.45. The average Bonchev–Trinajstić information content (AvgIpc) is 3.02. The maximum atomic E-state index is 12.2. The number of nitrogen functional groups attached to an aromatic ring is 1. The molecule has 2 N–H and O–H groups in total. The fraction of sp³-hybridized carbons (Fsp3) is 0.467. The van der Waals surface area contributed by atoms with E-state index in [4.69, 9.17) is 10.5 Å². The number of esters is 1. The second-order valence-corrected chi connectivity index (χ2v) is 5.04. The molecule has 1 saturated heterocycles. The Labute approximate surface area is 123 Å². The molecule has 0 aromatic heterocycles. The van der Waals surface area contributed by atoms with Crippen LogP contribution < -0.4 is 10.5 Å². The van der Waals surface area contributed by atoms with Crippen molar-refractivity contribution in [1.82, 2.24) is 4.90 Å². The van der Waals surface area contributed by atoms with Crippen LogP contribution in [0.15, 0.2) is 18.2 Å².